The standard InChI is InChI=1S/C3H3NO.C2H6OS.ClH/c1-2-5-3-4-1;1-4(2)3;/h1-3H;1-2H3;1H. The van der Waals surface area contributed by atoms with Gasteiger partial charge in [-0.25, -0.2) is 4.98 Å². The maximum absolute atomic E-state index is 9.56. The van der Waals surface area contributed by atoms with E-state index in [0.29, 0.717) is 0 Å². The monoisotopic (exact) mass is 183 g/mol. The Hall–Kier alpha value is -0.350. The van der Waals surface area contributed by atoms with Gasteiger partial charge in [-0.1, -0.05) is 0 Å². The van der Waals surface area contributed by atoms with Crippen LogP contribution in [0.15, 0.2) is 23.3 Å². The van der Waals surface area contributed by atoms with Gasteiger partial charge in [-0.3, -0.25) is 4.21 Å². The first kappa shape index (κ1) is 12.3. The fourth-order valence-corrected chi connectivity index (χ4v) is 0.176. The van der Waals surface area contributed by atoms with E-state index in [9.17, 15) is 4.21 Å². The highest BCUT2D eigenvalue weighted by Crippen LogP contribution is 1.72. The van der Waals surface area contributed by atoms with Crippen molar-refractivity contribution in [1.29, 1.82) is 0 Å². The van der Waals surface area contributed by atoms with Gasteiger partial charge < -0.3 is 4.42 Å². The van der Waals surface area contributed by atoms with Crippen LogP contribution in [0.25, 0.3) is 0 Å². The maximum Gasteiger partial charge on any atom is 0.180 e. The topological polar surface area (TPSA) is 43.1 Å². The van der Waals surface area contributed by atoms with Crippen molar-refractivity contribution in [3.8, 4) is 0 Å². The molecule has 5 heteroatoms. The lowest BCUT2D eigenvalue weighted by atomic mass is 11.0. The lowest BCUT2D eigenvalue weighted by molar-refractivity contribution is 0.558. The summed E-state index contributed by atoms with van der Waals surface area (Å²) < 4.78 is 14.0. The van der Waals surface area contributed by atoms with E-state index >= 15 is 0 Å². The quantitative estimate of drug-likeness (QED) is 0.605. The van der Waals surface area contributed by atoms with Crippen molar-refractivity contribution in [1.82, 2.24) is 4.98 Å². The molecule has 10 heavy (non-hydrogen) atoms. The first-order valence-electron chi connectivity index (χ1n) is 2.30. The maximum atomic E-state index is 9.56. The molecular weight excluding hydrogens is 174 g/mol. The van der Waals surface area contributed by atoms with Crippen molar-refractivity contribution in [3.63, 3.8) is 0 Å². The van der Waals surface area contributed by atoms with Gasteiger partial charge in [0.1, 0.15) is 6.26 Å². The molecule has 3 nitrogen and oxygen atoms in total. The van der Waals surface area contributed by atoms with Crippen molar-refractivity contribution in [2.75, 3.05) is 12.5 Å². The number of nitrogens with zero attached hydrogens (tertiary/aromatic N) is 1. The molecule has 0 aliphatic rings. The summed E-state index contributed by atoms with van der Waals surface area (Å²) in [5, 5.41) is 0. The van der Waals surface area contributed by atoms with Gasteiger partial charge in [0.15, 0.2) is 6.39 Å². The van der Waals surface area contributed by atoms with Crippen LogP contribution in [-0.2, 0) is 10.8 Å². The summed E-state index contributed by atoms with van der Waals surface area (Å²) in [5.74, 6) is 0. The minimum atomic E-state index is -0.611. The average molecular weight is 184 g/mol. The third kappa shape index (κ3) is 15.6. The van der Waals surface area contributed by atoms with Gasteiger partial charge in [0.25, 0.3) is 0 Å². The summed E-state index contributed by atoms with van der Waals surface area (Å²) in [6.45, 7) is 0. The van der Waals surface area contributed by atoms with Crippen molar-refractivity contribution >= 4 is 23.2 Å². The minimum Gasteiger partial charge on any atom is -0.452 e. The molecule has 0 saturated carbocycles. The van der Waals surface area contributed by atoms with Crippen LogP contribution in [0.5, 0.6) is 0 Å². The highest BCUT2D eigenvalue weighted by Gasteiger charge is 1.59. The normalized spacial score (nSPS) is 7.50. The highest BCUT2D eigenvalue weighted by atomic mass is 35.5. The second-order valence-electron chi connectivity index (χ2n) is 1.42. The number of aromatic nitrogens is 1. The first-order valence-corrected chi connectivity index (χ1v) is 4.27. The van der Waals surface area contributed by atoms with Gasteiger partial charge >= 0.3 is 0 Å². The minimum absolute atomic E-state index is 0. The van der Waals surface area contributed by atoms with E-state index in [2.05, 4.69) is 9.40 Å². The van der Waals surface area contributed by atoms with Crippen LogP contribution in [0.2, 0.25) is 0 Å². The first-order chi connectivity index (χ1) is 4.23. The van der Waals surface area contributed by atoms with E-state index < -0.39 is 10.8 Å². The molecule has 1 aromatic rings. The average Bonchev–Trinajstić information content (AvgIpc) is 2.11. The fourth-order valence-electron chi connectivity index (χ4n) is 0.176. The van der Waals surface area contributed by atoms with Gasteiger partial charge in [0.05, 0.1) is 6.20 Å². The summed E-state index contributed by atoms with van der Waals surface area (Å²) in [5.41, 5.74) is 0. The highest BCUT2D eigenvalue weighted by molar-refractivity contribution is 7.83. The van der Waals surface area contributed by atoms with E-state index in [1.165, 1.54) is 12.7 Å². The molecule has 1 aromatic heterocycles. The zero-order valence-electron chi connectivity index (χ0n) is 5.81. The lowest BCUT2D eigenvalue weighted by Gasteiger charge is -1.60. The molecule has 0 aliphatic heterocycles. The van der Waals surface area contributed by atoms with Crippen LogP contribution in [0.4, 0.5) is 0 Å². The molecular formula is C5H10ClNO2S. The van der Waals surface area contributed by atoms with Gasteiger partial charge in [-0.2, -0.15) is 0 Å². The van der Waals surface area contributed by atoms with Crippen LogP contribution in [-0.4, -0.2) is 21.7 Å². The second-order valence-corrected chi connectivity index (χ2v) is 2.90. The Morgan fingerprint density at radius 3 is 2.10 bits per heavy atom. The van der Waals surface area contributed by atoms with E-state index in [1.807, 2.05) is 0 Å². The van der Waals surface area contributed by atoms with Crippen LogP contribution in [0.1, 0.15) is 0 Å². The molecule has 0 radical (unpaired) electrons. The summed E-state index contributed by atoms with van der Waals surface area (Å²) in [6, 6.07) is 0. The predicted molar refractivity (Wildman–Crippen MR) is 43.7 cm³/mol. The van der Waals surface area contributed by atoms with Crippen LogP contribution in [0, 0.1) is 0 Å². The molecule has 0 unspecified atom stereocenters. The molecule has 0 atom stereocenters. The zero-order chi connectivity index (χ0) is 7.11. The Bertz CT molecular complexity index is 133. The molecule has 1 heterocycles. The van der Waals surface area contributed by atoms with Gasteiger partial charge in [-0.05, 0) is 0 Å². The Balaban J connectivity index is 0. The third-order valence-corrected chi connectivity index (χ3v) is 0.347. The number of halogens is 1. The molecule has 0 aliphatic carbocycles. The Labute approximate surface area is 68.7 Å². The summed E-state index contributed by atoms with van der Waals surface area (Å²) in [7, 11) is -0.611. The Kier molecular flexibility index (Phi) is 10.7. The van der Waals surface area contributed by atoms with Crippen molar-refractivity contribution in [2.24, 2.45) is 0 Å². The predicted octanol–water partition coefficient (Wildman–Crippen LogP) is 1.09. The van der Waals surface area contributed by atoms with Gasteiger partial charge in [0, 0.05) is 23.3 Å². The van der Waals surface area contributed by atoms with Crippen molar-refractivity contribution in [2.45, 2.75) is 0 Å². The van der Waals surface area contributed by atoms with Crippen LogP contribution >= 0.6 is 12.4 Å². The molecule has 0 aromatic carbocycles. The van der Waals surface area contributed by atoms with Crippen LogP contribution in [0.3, 0.4) is 0 Å². The SMILES string of the molecule is CS(C)=O.Cl.c1cocn1. The van der Waals surface area contributed by atoms with Crippen molar-refractivity contribution < 1.29 is 8.63 Å². The summed E-state index contributed by atoms with van der Waals surface area (Å²) in [4.78, 5) is 3.56. The van der Waals surface area contributed by atoms with Crippen LogP contribution < -0.4 is 0 Å². The van der Waals surface area contributed by atoms with E-state index in [-0.39, 0.29) is 12.4 Å². The Morgan fingerprint density at radius 1 is 1.50 bits per heavy atom. The molecule has 0 N–H and O–H groups in total. The number of rotatable bonds is 0. The van der Waals surface area contributed by atoms with Gasteiger partial charge in [-0.15, -0.1) is 12.4 Å². The molecule has 0 saturated heterocycles. The molecule has 0 bridgehead atoms. The second kappa shape index (κ2) is 8.65. The largest absolute Gasteiger partial charge is 0.452 e. The molecule has 0 fully saturated rings. The summed E-state index contributed by atoms with van der Waals surface area (Å²) >= 11 is 0. The third-order valence-electron chi connectivity index (χ3n) is 0.347. The summed E-state index contributed by atoms with van der Waals surface area (Å²) in [6.07, 6.45) is 7.75. The van der Waals surface area contributed by atoms with E-state index in [1.54, 1.807) is 18.7 Å². The smallest absolute Gasteiger partial charge is 0.180 e. The number of hydrogen-bond donors (Lipinski definition) is 0. The number of hydrogen-bond acceptors (Lipinski definition) is 3. The van der Waals surface area contributed by atoms with E-state index in [0.717, 1.165) is 0 Å². The number of oxazole rings is 1. The molecule has 0 spiro atoms. The van der Waals surface area contributed by atoms with E-state index in [4.69, 9.17) is 0 Å². The molecule has 60 valence electrons. The fraction of sp³-hybridized carbons (Fsp3) is 0.400. The lowest BCUT2D eigenvalue weighted by Crippen LogP contribution is -1.70. The van der Waals surface area contributed by atoms with Gasteiger partial charge in [0.2, 0.25) is 0 Å². The molecule has 0 amide bonds. The molecule has 1 rings (SSSR count). The zero-order valence-corrected chi connectivity index (χ0v) is 7.45. The Morgan fingerprint density at radius 2 is 2.00 bits per heavy atom. The van der Waals surface area contributed by atoms with Crippen molar-refractivity contribution in [3.05, 3.63) is 18.9 Å².